The molecule has 1 heterocycles. The van der Waals surface area contributed by atoms with Crippen LogP contribution in [0, 0.1) is 11.7 Å². The van der Waals surface area contributed by atoms with Crippen LogP contribution >= 0.6 is 24.0 Å². The molecule has 0 aromatic heterocycles. The SMILES string of the molecule is CN=C(NCc1ccc(F)c(CO)c1)N(C)CCC1CCOCC1.I. The summed E-state index contributed by atoms with van der Waals surface area (Å²) >= 11 is 0. The van der Waals surface area contributed by atoms with Crippen LogP contribution < -0.4 is 5.32 Å². The van der Waals surface area contributed by atoms with Crippen molar-refractivity contribution < 1.29 is 14.2 Å². The van der Waals surface area contributed by atoms with Gasteiger partial charge in [-0.2, -0.15) is 0 Å². The van der Waals surface area contributed by atoms with Gasteiger partial charge in [-0.25, -0.2) is 4.39 Å². The number of halogens is 2. The third-order valence-corrected chi connectivity index (χ3v) is 4.52. The van der Waals surface area contributed by atoms with E-state index in [1.165, 1.54) is 6.07 Å². The van der Waals surface area contributed by atoms with Crippen LogP contribution in [0.25, 0.3) is 0 Å². The molecule has 0 unspecified atom stereocenters. The number of hydrogen-bond donors (Lipinski definition) is 2. The Kier molecular flexibility index (Phi) is 10.3. The molecular formula is C18H29FIN3O2. The fourth-order valence-corrected chi connectivity index (χ4v) is 2.94. The van der Waals surface area contributed by atoms with E-state index in [2.05, 4.69) is 15.2 Å². The van der Waals surface area contributed by atoms with Crippen molar-refractivity contribution in [3.8, 4) is 0 Å². The Morgan fingerprint density at radius 3 is 2.76 bits per heavy atom. The van der Waals surface area contributed by atoms with E-state index in [0.29, 0.717) is 12.1 Å². The highest BCUT2D eigenvalue weighted by Gasteiger charge is 2.15. The first-order valence-corrected chi connectivity index (χ1v) is 8.51. The quantitative estimate of drug-likeness (QED) is 0.386. The maximum absolute atomic E-state index is 13.4. The molecule has 142 valence electrons. The molecule has 1 aromatic carbocycles. The zero-order valence-electron chi connectivity index (χ0n) is 15.0. The van der Waals surface area contributed by atoms with Crippen LogP contribution in [-0.4, -0.2) is 49.8 Å². The molecule has 1 aliphatic heterocycles. The van der Waals surface area contributed by atoms with Crippen molar-refractivity contribution in [2.45, 2.75) is 32.4 Å². The topological polar surface area (TPSA) is 57.1 Å². The predicted molar refractivity (Wildman–Crippen MR) is 109 cm³/mol. The van der Waals surface area contributed by atoms with Crippen LogP contribution in [0.2, 0.25) is 0 Å². The minimum atomic E-state index is -0.376. The number of ether oxygens (including phenoxy) is 1. The standard InChI is InChI=1S/C18H28FN3O2.HI/c1-20-18(22(2)8-5-14-6-9-24-10-7-14)21-12-15-3-4-17(19)16(11-15)13-23;/h3-4,11,14,23H,5-10,12-13H2,1-2H3,(H,20,21);1H. The summed E-state index contributed by atoms with van der Waals surface area (Å²) in [7, 11) is 3.79. The summed E-state index contributed by atoms with van der Waals surface area (Å²) in [4.78, 5) is 6.43. The van der Waals surface area contributed by atoms with Crippen LogP contribution in [0.5, 0.6) is 0 Å². The molecule has 0 bridgehead atoms. The summed E-state index contributed by atoms with van der Waals surface area (Å²) in [5.74, 6) is 1.17. The largest absolute Gasteiger partial charge is 0.392 e. The molecule has 0 atom stereocenters. The third-order valence-electron chi connectivity index (χ3n) is 4.52. The summed E-state index contributed by atoms with van der Waals surface area (Å²) < 4.78 is 18.8. The second-order valence-electron chi connectivity index (χ2n) is 6.25. The van der Waals surface area contributed by atoms with Gasteiger partial charge in [0.25, 0.3) is 0 Å². The average molecular weight is 465 g/mol. The number of rotatable bonds is 6. The monoisotopic (exact) mass is 465 g/mol. The van der Waals surface area contributed by atoms with Gasteiger partial charge in [0.15, 0.2) is 5.96 Å². The van der Waals surface area contributed by atoms with E-state index in [4.69, 9.17) is 9.84 Å². The molecule has 1 aromatic rings. The maximum Gasteiger partial charge on any atom is 0.193 e. The Morgan fingerprint density at radius 2 is 2.12 bits per heavy atom. The van der Waals surface area contributed by atoms with Crippen molar-refractivity contribution in [1.82, 2.24) is 10.2 Å². The lowest BCUT2D eigenvalue weighted by atomic mass is 9.96. The first-order chi connectivity index (χ1) is 11.6. The van der Waals surface area contributed by atoms with Gasteiger partial charge in [0, 0.05) is 46.0 Å². The zero-order chi connectivity index (χ0) is 17.4. The van der Waals surface area contributed by atoms with Gasteiger partial charge < -0.3 is 20.1 Å². The molecule has 0 aliphatic carbocycles. The highest BCUT2D eigenvalue weighted by atomic mass is 127. The van der Waals surface area contributed by atoms with Crippen molar-refractivity contribution >= 4 is 29.9 Å². The van der Waals surface area contributed by atoms with E-state index < -0.39 is 0 Å². The first-order valence-electron chi connectivity index (χ1n) is 8.51. The van der Waals surface area contributed by atoms with Crippen molar-refractivity contribution in [3.05, 3.63) is 35.1 Å². The van der Waals surface area contributed by atoms with E-state index in [9.17, 15) is 4.39 Å². The van der Waals surface area contributed by atoms with Gasteiger partial charge in [0.05, 0.1) is 6.61 Å². The summed E-state index contributed by atoms with van der Waals surface area (Å²) in [6, 6.07) is 4.79. The van der Waals surface area contributed by atoms with Crippen molar-refractivity contribution in [2.24, 2.45) is 10.9 Å². The van der Waals surface area contributed by atoms with Gasteiger partial charge in [0.2, 0.25) is 0 Å². The van der Waals surface area contributed by atoms with Gasteiger partial charge in [-0.15, -0.1) is 24.0 Å². The van der Waals surface area contributed by atoms with Crippen LogP contribution in [0.3, 0.4) is 0 Å². The molecule has 7 heteroatoms. The van der Waals surface area contributed by atoms with E-state index in [-0.39, 0.29) is 36.4 Å². The van der Waals surface area contributed by atoms with Crippen LogP contribution in [-0.2, 0) is 17.9 Å². The molecule has 0 amide bonds. The molecule has 25 heavy (non-hydrogen) atoms. The molecule has 0 saturated carbocycles. The minimum absolute atomic E-state index is 0. The van der Waals surface area contributed by atoms with Crippen LogP contribution in [0.15, 0.2) is 23.2 Å². The minimum Gasteiger partial charge on any atom is -0.392 e. The lowest BCUT2D eigenvalue weighted by Crippen LogP contribution is -2.39. The predicted octanol–water partition coefficient (Wildman–Crippen LogP) is 2.76. The van der Waals surface area contributed by atoms with Gasteiger partial charge in [0.1, 0.15) is 5.82 Å². The smallest absolute Gasteiger partial charge is 0.193 e. The molecule has 2 rings (SSSR count). The highest BCUT2D eigenvalue weighted by molar-refractivity contribution is 14.0. The normalized spacial score (nSPS) is 15.6. The first kappa shape index (κ1) is 22.1. The lowest BCUT2D eigenvalue weighted by molar-refractivity contribution is 0.0625. The van der Waals surface area contributed by atoms with Crippen molar-refractivity contribution in [2.75, 3.05) is 33.9 Å². The van der Waals surface area contributed by atoms with Crippen molar-refractivity contribution in [3.63, 3.8) is 0 Å². The molecule has 5 nitrogen and oxygen atoms in total. The lowest BCUT2D eigenvalue weighted by Gasteiger charge is -2.27. The van der Waals surface area contributed by atoms with Crippen LogP contribution in [0.1, 0.15) is 30.4 Å². The van der Waals surface area contributed by atoms with Gasteiger partial charge in [-0.05, 0) is 42.9 Å². The number of aliphatic imine (C=N–C) groups is 1. The van der Waals surface area contributed by atoms with Gasteiger partial charge in [-0.1, -0.05) is 6.07 Å². The van der Waals surface area contributed by atoms with Crippen molar-refractivity contribution in [1.29, 1.82) is 0 Å². The summed E-state index contributed by atoms with van der Waals surface area (Å²) in [5.41, 5.74) is 1.23. The molecule has 2 N–H and O–H groups in total. The van der Waals surface area contributed by atoms with Crippen LogP contribution in [0.4, 0.5) is 4.39 Å². The fourth-order valence-electron chi connectivity index (χ4n) is 2.94. The summed E-state index contributed by atoms with van der Waals surface area (Å²) in [6.07, 6.45) is 3.41. The van der Waals surface area contributed by atoms with E-state index >= 15 is 0 Å². The average Bonchev–Trinajstić information content (AvgIpc) is 2.62. The Labute approximate surface area is 166 Å². The van der Waals surface area contributed by atoms with E-state index in [0.717, 1.165) is 56.5 Å². The van der Waals surface area contributed by atoms with E-state index in [1.54, 1.807) is 19.2 Å². The number of guanidine groups is 1. The molecule has 1 fully saturated rings. The van der Waals surface area contributed by atoms with Gasteiger partial charge in [-0.3, -0.25) is 4.99 Å². The highest BCUT2D eigenvalue weighted by Crippen LogP contribution is 2.18. The number of nitrogens with zero attached hydrogens (tertiary/aromatic N) is 2. The molecular weight excluding hydrogens is 436 g/mol. The van der Waals surface area contributed by atoms with E-state index in [1.807, 2.05) is 7.05 Å². The number of hydrogen-bond acceptors (Lipinski definition) is 3. The number of aliphatic hydroxyl groups is 1. The summed E-state index contributed by atoms with van der Waals surface area (Å²) in [6.45, 7) is 2.94. The molecule has 0 spiro atoms. The van der Waals surface area contributed by atoms with Gasteiger partial charge >= 0.3 is 0 Å². The molecule has 0 radical (unpaired) electrons. The Hall–Kier alpha value is -0.930. The third kappa shape index (κ3) is 7.07. The number of benzene rings is 1. The Balaban J connectivity index is 0.00000312. The fraction of sp³-hybridized carbons (Fsp3) is 0.611. The second-order valence-corrected chi connectivity index (χ2v) is 6.25. The molecule has 1 saturated heterocycles. The number of aliphatic hydroxyl groups excluding tert-OH is 1. The molecule has 1 aliphatic rings. The second kappa shape index (κ2) is 11.6. The Bertz CT molecular complexity index is 551. The zero-order valence-corrected chi connectivity index (χ0v) is 17.3. The Morgan fingerprint density at radius 1 is 1.40 bits per heavy atom. The maximum atomic E-state index is 13.4. The number of nitrogens with one attached hydrogen (secondary N) is 1. The summed E-state index contributed by atoms with van der Waals surface area (Å²) in [5, 5.41) is 12.4.